The van der Waals surface area contributed by atoms with Gasteiger partial charge in [-0.2, -0.15) is 9.40 Å². The van der Waals surface area contributed by atoms with Gasteiger partial charge in [0.15, 0.2) is 5.78 Å². The smallest absolute Gasteiger partial charge is 0.243 e. The van der Waals surface area contributed by atoms with Crippen molar-refractivity contribution < 1.29 is 13.2 Å². The standard InChI is InChI=1S/C13H16N4O3S/c1-3-12(18)10-5-4-6-11(7-10)21(19,20)17(2)8-13-14-9-15-16-13/h4-7,9H,3,8H2,1-2H3,(H,14,15,16). The molecule has 0 aliphatic rings. The third kappa shape index (κ3) is 3.34. The van der Waals surface area contributed by atoms with Crippen LogP contribution in [0.25, 0.3) is 0 Å². The van der Waals surface area contributed by atoms with Gasteiger partial charge in [0.1, 0.15) is 12.2 Å². The number of sulfonamides is 1. The minimum absolute atomic E-state index is 0.0777. The molecule has 0 saturated heterocycles. The molecule has 0 atom stereocenters. The second kappa shape index (κ2) is 6.15. The molecule has 2 aromatic rings. The van der Waals surface area contributed by atoms with Gasteiger partial charge in [-0.15, -0.1) is 0 Å². The number of aromatic amines is 1. The number of H-pyrrole nitrogens is 1. The summed E-state index contributed by atoms with van der Waals surface area (Å²) < 4.78 is 26.1. The number of hydrogen-bond donors (Lipinski definition) is 1. The van der Waals surface area contributed by atoms with Gasteiger partial charge in [0.25, 0.3) is 0 Å². The van der Waals surface area contributed by atoms with Crippen LogP contribution in [0.1, 0.15) is 29.5 Å². The Balaban J connectivity index is 2.28. The Morgan fingerprint density at radius 3 is 2.76 bits per heavy atom. The highest BCUT2D eigenvalue weighted by atomic mass is 32.2. The van der Waals surface area contributed by atoms with Crippen LogP contribution >= 0.6 is 0 Å². The zero-order valence-electron chi connectivity index (χ0n) is 11.8. The fourth-order valence-electron chi connectivity index (χ4n) is 1.82. The number of hydrogen-bond acceptors (Lipinski definition) is 5. The number of nitrogens with one attached hydrogen (secondary N) is 1. The van der Waals surface area contributed by atoms with E-state index in [2.05, 4.69) is 15.2 Å². The van der Waals surface area contributed by atoms with E-state index in [1.165, 1.54) is 25.5 Å². The molecule has 1 aromatic heterocycles. The monoisotopic (exact) mass is 308 g/mol. The molecule has 0 saturated carbocycles. The number of aromatic nitrogens is 3. The normalized spacial score (nSPS) is 11.8. The van der Waals surface area contributed by atoms with Crippen molar-refractivity contribution in [2.24, 2.45) is 0 Å². The van der Waals surface area contributed by atoms with Gasteiger partial charge in [-0.25, -0.2) is 13.4 Å². The summed E-state index contributed by atoms with van der Waals surface area (Å²) in [5.41, 5.74) is 0.395. The van der Waals surface area contributed by atoms with Crippen molar-refractivity contribution in [3.8, 4) is 0 Å². The van der Waals surface area contributed by atoms with E-state index in [1.54, 1.807) is 19.1 Å². The minimum Gasteiger partial charge on any atom is -0.294 e. The molecule has 0 aliphatic carbocycles. The van der Waals surface area contributed by atoms with Crippen LogP contribution in [0.2, 0.25) is 0 Å². The van der Waals surface area contributed by atoms with E-state index in [0.717, 1.165) is 4.31 Å². The summed E-state index contributed by atoms with van der Waals surface area (Å²) >= 11 is 0. The number of benzene rings is 1. The number of carbonyl (C=O) groups is 1. The highest BCUT2D eigenvalue weighted by Gasteiger charge is 2.22. The summed E-state index contributed by atoms with van der Waals surface area (Å²) in [4.78, 5) is 15.7. The predicted octanol–water partition coefficient (Wildman–Crippen LogP) is 1.22. The molecule has 1 N–H and O–H groups in total. The van der Waals surface area contributed by atoms with Gasteiger partial charge in [-0.1, -0.05) is 19.1 Å². The maximum Gasteiger partial charge on any atom is 0.243 e. The van der Waals surface area contributed by atoms with Gasteiger partial charge in [-0.05, 0) is 12.1 Å². The first-order valence-corrected chi connectivity index (χ1v) is 7.83. The van der Waals surface area contributed by atoms with Crippen LogP contribution in [0.5, 0.6) is 0 Å². The van der Waals surface area contributed by atoms with Gasteiger partial charge >= 0.3 is 0 Å². The molecular formula is C13H16N4O3S. The molecule has 0 amide bonds. The van der Waals surface area contributed by atoms with Crippen molar-refractivity contribution in [3.63, 3.8) is 0 Å². The van der Waals surface area contributed by atoms with E-state index in [1.807, 2.05) is 0 Å². The van der Waals surface area contributed by atoms with Crippen LogP contribution in [0.15, 0.2) is 35.5 Å². The van der Waals surface area contributed by atoms with Crippen molar-refractivity contribution in [2.45, 2.75) is 24.8 Å². The Bertz CT molecular complexity index is 726. The summed E-state index contributed by atoms with van der Waals surface area (Å²) in [7, 11) is -2.24. The summed E-state index contributed by atoms with van der Waals surface area (Å²) in [6.45, 7) is 1.81. The highest BCUT2D eigenvalue weighted by molar-refractivity contribution is 7.89. The maximum absolute atomic E-state index is 12.5. The molecule has 112 valence electrons. The summed E-state index contributed by atoms with van der Waals surface area (Å²) in [5, 5.41) is 6.29. The van der Waals surface area contributed by atoms with E-state index >= 15 is 0 Å². The maximum atomic E-state index is 12.5. The van der Waals surface area contributed by atoms with Gasteiger partial charge in [0.2, 0.25) is 10.0 Å². The zero-order chi connectivity index (χ0) is 15.5. The number of carbonyl (C=O) groups excluding carboxylic acids is 1. The lowest BCUT2D eigenvalue weighted by molar-refractivity contribution is 0.0988. The quantitative estimate of drug-likeness (QED) is 0.809. The first-order chi connectivity index (χ1) is 9.95. The number of ketones is 1. The minimum atomic E-state index is -3.69. The van der Waals surface area contributed by atoms with Crippen LogP contribution < -0.4 is 0 Å². The Hall–Kier alpha value is -2.06. The molecule has 8 heteroatoms. The number of rotatable bonds is 6. The third-order valence-corrected chi connectivity index (χ3v) is 4.82. The molecular weight excluding hydrogens is 292 g/mol. The molecule has 0 spiro atoms. The van der Waals surface area contributed by atoms with Crippen molar-refractivity contribution in [1.82, 2.24) is 19.5 Å². The SMILES string of the molecule is CCC(=O)c1cccc(S(=O)(=O)N(C)Cc2ncn[nH]2)c1. The highest BCUT2D eigenvalue weighted by Crippen LogP contribution is 2.18. The van der Waals surface area contributed by atoms with Crippen molar-refractivity contribution in [1.29, 1.82) is 0 Å². The fraction of sp³-hybridized carbons (Fsp3) is 0.308. The van der Waals surface area contributed by atoms with Crippen molar-refractivity contribution >= 4 is 15.8 Å². The van der Waals surface area contributed by atoms with Crippen molar-refractivity contribution in [3.05, 3.63) is 42.0 Å². The molecule has 0 radical (unpaired) electrons. The molecule has 1 aromatic carbocycles. The second-order valence-electron chi connectivity index (χ2n) is 4.50. The molecule has 21 heavy (non-hydrogen) atoms. The van der Waals surface area contributed by atoms with Gasteiger partial charge in [-0.3, -0.25) is 9.89 Å². The van der Waals surface area contributed by atoms with E-state index < -0.39 is 10.0 Å². The van der Waals surface area contributed by atoms with Gasteiger partial charge < -0.3 is 0 Å². The fourth-order valence-corrected chi connectivity index (χ4v) is 3.00. The molecule has 2 rings (SSSR count). The van der Waals surface area contributed by atoms with Crippen LogP contribution in [-0.4, -0.2) is 40.7 Å². The molecule has 7 nitrogen and oxygen atoms in total. The molecule has 0 bridgehead atoms. The number of Topliss-reactive ketones (excluding diaryl/α,β-unsaturated/α-hetero) is 1. The van der Waals surface area contributed by atoms with E-state index in [-0.39, 0.29) is 17.2 Å². The first-order valence-electron chi connectivity index (χ1n) is 6.39. The van der Waals surface area contributed by atoms with Crippen LogP contribution in [-0.2, 0) is 16.6 Å². The Morgan fingerprint density at radius 2 is 2.14 bits per heavy atom. The molecule has 0 unspecified atom stereocenters. The third-order valence-electron chi connectivity index (χ3n) is 3.02. The lowest BCUT2D eigenvalue weighted by Crippen LogP contribution is -2.27. The summed E-state index contributed by atoms with van der Waals surface area (Å²) in [5.74, 6) is 0.354. The lowest BCUT2D eigenvalue weighted by Gasteiger charge is -2.16. The molecule has 1 heterocycles. The topological polar surface area (TPSA) is 96.0 Å². The Labute approximate surface area is 123 Å². The van der Waals surface area contributed by atoms with Crippen molar-refractivity contribution in [2.75, 3.05) is 7.05 Å². The molecule has 0 fully saturated rings. The average molecular weight is 308 g/mol. The van der Waals surface area contributed by atoms with E-state index in [9.17, 15) is 13.2 Å². The van der Waals surface area contributed by atoms with Crippen LogP contribution in [0, 0.1) is 0 Å². The second-order valence-corrected chi connectivity index (χ2v) is 6.54. The summed E-state index contributed by atoms with van der Waals surface area (Å²) in [6, 6.07) is 6.05. The zero-order valence-corrected chi connectivity index (χ0v) is 12.6. The Morgan fingerprint density at radius 1 is 1.38 bits per heavy atom. The van der Waals surface area contributed by atoms with Crippen LogP contribution in [0.3, 0.4) is 0 Å². The average Bonchev–Trinajstić information content (AvgIpc) is 2.99. The van der Waals surface area contributed by atoms with E-state index in [4.69, 9.17) is 0 Å². The summed E-state index contributed by atoms with van der Waals surface area (Å²) in [6.07, 6.45) is 1.65. The first kappa shape index (κ1) is 15.3. The predicted molar refractivity (Wildman–Crippen MR) is 76.1 cm³/mol. The van der Waals surface area contributed by atoms with Gasteiger partial charge in [0.05, 0.1) is 11.4 Å². The molecule has 0 aliphatic heterocycles. The van der Waals surface area contributed by atoms with Gasteiger partial charge in [0, 0.05) is 19.0 Å². The largest absolute Gasteiger partial charge is 0.294 e. The Kier molecular flexibility index (Phi) is 4.49. The van der Waals surface area contributed by atoms with Crippen LogP contribution in [0.4, 0.5) is 0 Å². The lowest BCUT2D eigenvalue weighted by atomic mass is 10.1. The van der Waals surface area contributed by atoms with E-state index in [0.29, 0.717) is 17.8 Å². The number of nitrogens with zero attached hydrogens (tertiary/aromatic N) is 3.